The van der Waals surface area contributed by atoms with Crippen LogP contribution in [0.4, 0.5) is 14.5 Å². The summed E-state index contributed by atoms with van der Waals surface area (Å²) in [6.45, 7) is 1.60. The second-order valence-corrected chi connectivity index (χ2v) is 11.7. The van der Waals surface area contributed by atoms with Crippen molar-refractivity contribution >= 4 is 15.7 Å². The Morgan fingerprint density at radius 2 is 1.31 bits per heavy atom. The monoisotopic (exact) mass is 510 g/mol. The third-order valence-corrected chi connectivity index (χ3v) is 9.60. The predicted octanol–water partition coefficient (Wildman–Crippen LogP) is 6.35. The average molecular weight is 511 g/mol. The van der Waals surface area contributed by atoms with Crippen LogP contribution in [0.2, 0.25) is 0 Å². The van der Waals surface area contributed by atoms with Crippen molar-refractivity contribution in [3.8, 4) is 0 Å². The van der Waals surface area contributed by atoms with Gasteiger partial charge in [-0.05, 0) is 85.7 Å². The first-order valence-electron chi connectivity index (χ1n) is 12.8. The summed E-state index contributed by atoms with van der Waals surface area (Å²) in [4.78, 5) is 2.58. The number of hydrogen-bond donors (Lipinski definition) is 0. The number of nitrogens with zero attached hydrogens (tertiary/aromatic N) is 2. The number of anilines is 1. The van der Waals surface area contributed by atoms with Crippen LogP contribution < -0.4 is 4.31 Å². The number of halogens is 2. The summed E-state index contributed by atoms with van der Waals surface area (Å²) >= 11 is 0. The Morgan fingerprint density at radius 1 is 0.722 bits per heavy atom. The van der Waals surface area contributed by atoms with Gasteiger partial charge >= 0.3 is 0 Å². The van der Waals surface area contributed by atoms with Crippen LogP contribution in [0.15, 0.2) is 83.8 Å². The molecule has 2 atom stereocenters. The standard InChI is InChI=1S/C29H32F2N2O2S/c30-23-10-14-25(15-11-23)33(36(34,35)27-16-12-24(31)13-17-27)26-18-20-32(21-19-26)29-9-5-4-8-28(29)22-6-2-1-3-7-22/h1-3,6-7,10-17,26,28-29H,4-5,8-9,18-21H2/t28-,29-/m1/s1. The number of benzene rings is 3. The SMILES string of the molecule is O=S(=O)(c1ccc(F)cc1)N(c1ccc(F)cc1)C1CCN([C@@H]2CCCC[C@@H]2c2ccccc2)CC1. The summed E-state index contributed by atoms with van der Waals surface area (Å²) in [7, 11) is -3.95. The van der Waals surface area contributed by atoms with Gasteiger partial charge in [-0.1, -0.05) is 43.2 Å². The van der Waals surface area contributed by atoms with E-state index >= 15 is 0 Å². The fourth-order valence-electron chi connectivity index (χ4n) is 5.94. The molecule has 3 aromatic rings. The van der Waals surface area contributed by atoms with Crippen molar-refractivity contribution in [2.45, 2.75) is 61.4 Å². The van der Waals surface area contributed by atoms with Crippen LogP contribution in [0.1, 0.15) is 50.0 Å². The van der Waals surface area contributed by atoms with E-state index in [4.69, 9.17) is 0 Å². The van der Waals surface area contributed by atoms with Gasteiger partial charge in [0.15, 0.2) is 0 Å². The Balaban J connectivity index is 1.39. The van der Waals surface area contributed by atoms with E-state index in [-0.39, 0.29) is 10.9 Å². The molecule has 7 heteroatoms. The highest BCUT2D eigenvalue weighted by Gasteiger charge is 2.38. The summed E-state index contributed by atoms with van der Waals surface area (Å²) in [5, 5.41) is 0. The van der Waals surface area contributed by atoms with E-state index < -0.39 is 21.7 Å². The molecule has 0 N–H and O–H groups in total. The maximum atomic E-state index is 13.7. The van der Waals surface area contributed by atoms with E-state index in [1.165, 1.54) is 65.5 Å². The lowest BCUT2D eigenvalue weighted by Crippen LogP contribution is -2.51. The summed E-state index contributed by atoms with van der Waals surface area (Å²) in [5.41, 5.74) is 1.81. The van der Waals surface area contributed by atoms with Gasteiger partial charge in [-0.25, -0.2) is 17.2 Å². The molecule has 1 aliphatic carbocycles. The molecule has 36 heavy (non-hydrogen) atoms. The second kappa shape index (κ2) is 10.7. The molecule has 0 bridgehead atoms. The first-order chi connectivity index (χ1) is 17.4. The van der Waals surface area contributed by atoms with Crippen LogP contribution in [0.3, 0.4) is 0 Å². The van der Waals surface area contributed by atoms with Crippen molar-refractivity contribution in [1.82, 2.24) is 4.90 Å². The predicted molar refractivity (Wildman–Crippen MR) is 138 cm³/mol. The van der Waals surface area contributed by atoms with Gasteiger partial charge in [0.2, 0.25) is 0 Å². The molecular formula is C29H32F2N2O2S. The summed E-state index contributed by atoms with van der Waals surface area (Å²) in [6, 6.07) is 21.4. The normalized spacial score (nSPS) is 21.8. The van der Waals surface area contributed by atoms with Gasteiger partial charge in [-0.2, -0.15) is 0 Å². The molecule has 0 aromatic heterocycles. The van der Waals surface area contributed by atoms with Gasteiger partial charge in [-0.15, -0.1) is 0 Å². The third kappa shape index (κ3) is 5.18. The Labute approximate surface area is 212 Å². The summed E-state index contributed by atoms with van der Waals surface area (Å²) < 4.78 is 56.1. The fraction of sp³-hybridized carbons (Fsp3) is 0.379. The van der Waals surface area contributed by atoms with Crippen molar-refractivity contribution in [2.24, 2.45) is 0 Å². The van der Waals surface area contributed by atoms with Crippen molar-refractivity contribution in [2.75, 3.05) is 17.4 Å². The van der Waals surface area contributed by atoms with Crippen molar-refractivity contribution in [1.29, 1.82) is 0 Å². The lowest BCUT2D eigenvalue weighted by molar-refractivity contribution is 0.107. The minimum absolute atomic E-state index is 0.0343. The molecule has 0 amide bonds. The van der Waals surface area contributed by atoms with Gasteiger partial charge < -0.3 is 0 Å². The third-order valence-electron chi connectivity index (χ3n) is 7.71. The van der Waals surface area contributed by atoms with Crippen LogP contribution in [0.25, 0.3) is 0 Å². The van der Waals surface area contributed by atoms with Gasteiger partial charge in [0, 0.05) is 25.2 Å². The smallest absolute Gasteiger partial charge is 0.264 e. The molecule has 2 aliphatic rings. The zero-order valence-electron chi connectivity index (χ0n) is 20.3. The quantitative estimate of drug-likeness (QED) is 0.388. The highest BCUT2D eigenvalue weighted by Crippen LogP contribution is 2.38. The molecule has 190 valence electrons. The molecule has 4 nitrogen and oxygen atoms in total. The molecule has 1 heterocycles. The molecule has 0 spiro atoms. The molecule has 5 rings (SSSR count). The van der Waals surface area contributed by atoms with Crippen molar-refractivity contribution in [3.05, 3.63) is 96.1 Å². The number of piperidine rings is 1. The van der Waals surface area contributed by atoms with Gasteiger partial charge in [0.1, 0.15) is 11.6 Å². The summed E-state index contributed by atoms with van der Waals surface area (Å²) in [6.07, 6.45) is 6.13. The van der Waals surface area contributed by atoms with Crippen LogP contribution in [0, 0.1) is 11.6 Å². The van der Waals surface area contributed by atoms with Crippen LogP contribution >= 0.6 is 0 Å². The van der Waals surface area contributed by atoms with Gasteiger partial charge in [0.05, 0.1) is 10.6 Å². The lowest BCUT2D eigenvalue weighted by Gasteiger charge is -2.45. The minimum Gasteiger partial charge on any atom is -0.300 e. The molecule has 0 radical (unpaired) electrons. The van der Waals surface area contributed by atoms with E-state index in [0.29, 0.717) is 30.5 Å². The number of likely N-dealkylation sites (tertiary alicyclic amines) is 1. The molecule has 1 saturated carbocycles. The average Bonchev–Trinajstić information content (AvgIpc) is 2.91. The van der Waals surface area contributed by atoms with Crippen molar-refractivity contribution in [3.63, 3.8) is 0 Å². The van der Waals surface area contributed by atoms with Crippen LogP contribution in [-0.2, 0) is 10.0 Å². The maximum Gasteiger partial charge on any atom is 0.264 e. The Kier molecular flexibility index (Phi) is 7.39. The first-order valence-corrected chi connectivity index (χ1v) is 14.2. The van der Waals surface area contributed by atoms with Crippen LogP contribution in [0.5, 0.6) is 0 Å². The zero-order chi connectivity index (χ0) is 25.1. The molecular weight excluding hydrogens is 478 g/mol. The first kappa shape index (κ1) is 24.9. The molecule has 2 fully saturated rings. The number of hydrogen-bond acceptors (Lipinski definition) is 3. The lowest BCUT2D eigenvalue weighted by atomic mass is 9.78. The second-order valence-electron chi connectivity index (χ2n) is 9.87. The van der Waals surface area contributed by atoms with Crippen LogP contribution in [-0.4, -0.2) is 38.5 Å². The van der Waals surface area contributed by atoms with Crippen molar-refractivity contribution < 1.29 is 17.2 Å². The Morgan fingerprint density at radius 3 is 1.94 bits per heavy atom. The number of sulfonamides is 1. The molecule has 1 saturated heterocycles. The van der Waals surface area contributed by atoms with Gasteiger partial charge in [0.25, 0.3) is 10.0 Å². The molecule has 3 aromatic carbocycles. The molecule has 0 unspecified atom stereocenters. The highest BCUT2D eigenvalue weighted by molar-refractivity contribution is 7.92. The van der Waals surface area contributed by atoms with Gasteiger partial charge in [-0.3, -0.25) is 9.21 Å². The number of rotatable bonds is 6. The Hall–Kier alpha value is -2.77. The van der Waals surface area contributed by atoms with E-state index in [0.717, 1.165) is 31.6 Å². The molecule has 1 aliphatic heterocycles. The Bertz CT molecular complexity index is 1240. The fourth-order valence-corrected chi connectivity index (χ4v) is 7.65. The van der Waals surface area contributed by atoms with E-state index in [1.54, 1.807) is 0 Å². The van der Waals surface area contributed by atoms with E-state index in [9.17, 15) is 17.2 Å². The largest absolute Gasteiger partial charge is 0.300 e. The zero-order valence-corrected chi connectivity index (χ0v) is 21.1. The van der Waals surface area contributed by atoms with E-state index in [1.807, 2.05) is 0 Å². The van der Waals surface area contributed by atoms with E-state index in [2.05, 4.69) is 35.2 Å². The maximum absolute atomic E-state index is 13.7. The topological polar surface area (TPSA) is 40.6 Å². The summed E-state index contributed by atoms with van der Waals surface area (Å²) in [5.74, 6) is -0.416. The minimum atomic E-state index is -3.95. The highest BCUT2D eigenvalue weighted by atomic mass is 32.2.